The molecule has 3 N–H and O–H groups in total. The van der Waals surface area contributed by atoms with Gasteiger partial charge in [0.2, 0.25) is 10.0 Å². The predicted octanol–water partition coefficient (Wildman–Crippen LogP) is 2.07. The van der Waals surface area contributed by atoms with Crippen molar-refractivity contribution in [1.82, 2.24) is 0 Å². The average Bonchev–Trinajstić information content (AvgIpc) is 2.80. The summed E-state index contributed by atoms with van der Waals surface area (Å²) in [6.45, 7) is 0. The second-order valence-electron chi connectivity index (χ2n) is 4.53. The molecule has 0 unspecified atom stereocenters. The summed E-state index contributed by atoms with van der Waals surface area (Å²) >= 11 is 1.51. The van der Waals surface area contributed by atoms with E-state index in [2.05, 4.69) is 0 Å². The highest BCUT2D eigenvalue weighted by Crippen LogP contribution is 2.36. The summed E-state index contributed by atoms with van der Waals surface area (Å²) in [6, 6.07) is 4.03. The summed E-state index contributed by atoms with van der Waals surface area (Å²) in [7, 11) is -3.88. The molecule has 1 aliphatic rings. The van der Waals surface area contributed by atoms with Gasteiger partial charge in [-0.3, -0.25) is 0 Å². The van der Waals surface area contributed by atoms with Gasteiger partial charge in [-0.05, 0) is 31.0 Å². The van der Waals surface area contributed by atoms with E-state index in [4.69, 9.17) is 5.14 Å². The third-order valence-corrected chi connectivity index (χ3v) is 5.43. The fourth-order valence-corrected chi connectivity index (χ4v) is 4.03. The number of sulfonamides is 1. The summed E-state index contributed by atoms with van der Waals surface area (Å²) in [5, 5.41) is 14.6. The fourth-order valence-electron chi connectivity index (χ4n) is 2.14. The first-order chi connectivity index (χ1) is 8.88. The minimum Gasteiger partial charge on any atom is -0.478 e. The third-order valence-electron chi connectivity index (χ3n) is 3.11. The van der Waals surface area contributed by atoms with E-state index in [9.17, 15) is 18.3 Å². The Kier molecular flexibility index (Phi) is 4.17. The lowest BCUT2D eigenvalue weighted by Crippen LogP contribution is -2.13. The van der Waals surface area contributed by atoms with Crippen LogP contribution in [-0.4, -0.2) is 24.7 Å². The SMILES string of the molecule is NS(=O)(=O)c1ccc(SC2CCCC2)c(C(=O)O)c1. The van der Waals surface area contributed by atoms with Crippen molar-refractivity contribution < 1.29 is 18.3 Å². The molecule has 19 heavy (non-hydrogen) atoms. The van der Waals surface area contributed by atoms with Crippen molar-refractivity contribution >= 4 is 27.8 Å². The van der Waals surface area contributed by atoms with Crippen LogP contribution in [0.15, 0.2) is 28.0 Å². The smallest absolute Gasteiger partial charge is 0.336 e. The molecule has 1 aromatic rings. The number of benzene rings is 1. The van der Waals surface area contributed by atoms with Crippen LogP contribution in [-0.2, 0) is 10.0 Å². The predicted molar refractivity (Wildman–Crippen MR) is 72.9 cm³/mol. The molecule has 1 aliphatic carbocycles. The van der Waals surface area contributed by atoms with Crippen LogP contribution in [0.4, 0.5) is 0 Å². The highest BCUT2D eigenvalue weighted by molar-refractivity contribution is 8.00. The Morgan fingerprint density at radius 2 is 1.95 bits per heavy atom. The quantitative estimate of drug-likeness (QED) is 0.887. The van der Waals surface area contributed by atoms with Crippen LogP contribution in [0.1, 0.15) is 36.0 Å². The second kappa shape index (κ2) is 5.52. The molecule has 0 atom stereocenters. The van der Waals surface area contributed by atoms with Crippen LogP contribution >= 0.6 is 11.8 Å². The number of nitrogens with two attached hydrogens (primary N) is 1. The van der Waals surface area contributed by atoms with Crippen LogP contribution in [0.5, 0.6) is 0 Å². The first-order valence-electron chi connectivity index (χ1n) is 5.95. The zero-order valence-electron chi connectivity index (χ0n) is 10.2. The lowest BCUT2D eigenvalue weighted by molar-refractivity contribution is 0.0693. The van der Waals surface area contributed by atoms with Gasteiger partial charge >= 0.3 is 5.97 Å². The molecule has 104 valence electrons. The van der Waals surface area contributed by atoms with Crippen LogP contribution in [0.25, 0.3) is 0 Å². The van der Waals surface area contributed by atoms with Crippen molar-refractivity contribution in [3.05, 3.63) is 23.8 Å². The van der Waals surface area contributed by atoms with Crippen LogP contribution in [0.2, 0.25) is 0 Å². The Morgan fingerprint density at radius 1 is 1.32 bits per heavy atom. The Labute approximate surface area is 116 Å². The monoisotopic (exact) mass is 301 g/mol. The molecule has 7 heteroatoms. The Balaban J connectivity index is 2.35. The van der Waals surface area contributed by atoms with E-state index >= 15 is 0 Å². The first-order valence-corrected chi connectivity index (χ1v) is 8.37. The molecule has 0 bridgehead atoms. The number of aromatic carboxylic acids is 1. The zero-order chi connectivity index (χ0) is 14.0. The second-order valence-corrected chi connectivity index (χ2v) is 7.44. The highest BCUT2D eigenvalue weighted by Gasteiger charge is 2.21. The van der Waals surface area contributed by atoms with Crippen molar-refractivity contribution in [3.8, 4) is 0 Å². The number of carbonyl (C=O) groups is 1. The molecule has 0 amide bonds. The van der Waals surface area contributed by atoms with Crippen LogP contribution in [0.3, 0.4) is 0 Å². The van der Waals surface area contributed by atoms with Gasteiger partial charge in [-0.1, -0.05) is 12.8 Å². The molecule has 0 radical (unpaired) electrons. The van der Waals surface area contributed by atoms with Crippen LogP contribution < -0.4 is 5.14 Å². The molecule has 5 nitrogen and oxygen atoms in total. The van der Waals surface area contributed by atoms with E-state index in [1.54, 1.807) is 0 Å². The number of carboxylic acids is 1. The lowest BCUT2D eigenvalue weighted by atomic mass is 10.2. The van der Waals surface area contributed by atoms with E-state index < -0.39 is 16.0 Å². The normalized spacial score (nSPS) is 16.7. The Hall–Kier alpha value is -1.05. The molecule has 2 rings (SSSR count). The minimum absolute atomic E-state index is 0.00317. The Bertz CT molecular complexity index is 592. The zero-order valence-corrected chi connectivity index (χ0v) is 11.8. The number of rotatable bonds is 4. The molecular formula is C12H15NO4S2. The molecule has 1 fully saturated rings. The number of carboxylic acid groups (broad SMARTS) is 1. The molecule has 0 aliphatic heterocycles. The third kappa shape index (κ3) is 3.49. The molecule has 0 saturated heterocycles. The largest absolute Gasteiger partial charge is 0.478 e. The molecule has 1 saturated carbocycles. The number of thioether (sulfide) groups is 1. The summed E-state index contributed by atoms with van der Waals surface area (Å²) in [6.07, 6.45) is 4.46. The maximum absolute atomic E-state index is 11.2. The first kappa shape index (κ1) is 14.4. The fraction of sp³-hybridized carbons (Fsp3) is 0.417. The van der Waals surface area contributed by atoms with Crippen LogP contribution in [0, 0.1) is 0 Å². The summed E-state index contributed by atoms with van der Waals surface area (Å²) in [5.74, 6) is -1.13. The van der Waals surface area contributed by atoms with Gasteiger partial charge in [-0.2, -0.15) is 0 Å². The summed E-state index contributed by atoms with van der Waals surface area (Å²) in [5.41, 5.74) is 0.00317. The maximum atomic E-state index is 11.2. The topological polar surface area (TPSA) is 97.5 Å². The lowest BCUT2D eigenvalue weighted by Gasteiger charge is -2.12. The minimum atomic E-state index is -3.88. The average molecular weight is 301 g/mol. The molecular weight excluding hydrogens is 286 g/mol. The standard InChI is InChI=1S/C12H15NO4S2/c13-19(16,17)9-5-6-11(10(7-9)12(14)15)18-8-3-1-2-4-8/h5-8H,1-4H2,(H,14,15)(H2,13,16,17). The summed E-state index contributed by atoms with van der Waals surface area (Å²) < 4.78 is 22.5. The number of hydrogen-bond acceptors (Lipinski definition) is 4. The van der Waals surface area contributed by atoms with E-state index in [-0.39, 0.29) is 10.5 Å². The van der Waals surface area contributed by atoms with Gasteiger partial charge in [0.1, 0.15) is 0 Å². The van der Waals surface area contributed by atoms with Gasteiger partial charge in [0.25, 0.3) is 0 Å². The van der Waals surface area contributed by atoms with E-state index in [1.165, 1.54) is 23.9 Å². The van der Waals surface area contributed by atoms with E-state index in [1.807, 2.05) is 0 Å². The van der Waals surface area contributed by atoms with Gasteiger partial charge in [-0.15, -0.1) is 11.8 Å². The molecule has 1 aromatic carbocycles. The van der Waals surface area contributed by atoms with Crippen molar-refractivity contribution in [2.24, 2.45) is 5.14 Å². The molecule has 0 aromatic heterocycles. The highest BCUT2D eigenvalue weighted by atomic mass is 32.2. The van der Waals surface area contributed by atoms with E-state index in [0.717, 1.165) is 31.7 Å². The van der Waals surface area contributed by atoms with Crippen molar-refractivity contribution in [2.45, 2.75) is 40.7 Å². The van der Waals surface area contributed by atoms with Gasteiger partial charge in [0.05, 0.1) is 10.5 Å². The van der Waals surface area contributed by atoms with Crippen molar-refractivity contribution in [2.75, 3.05) is 0 Å². The van der Waals surface area contributed by atoms with Crippen molar-refractivity contribution in [3.63, 3.8) is 0 Å². The van der Waals surface area contributed by atoms with E-state index in [0.29, 0.717) is 10.1 Å². The maximum Gasteiger partial charge on any atom is 0.336 e. The number of primary sulfonamides is 1. The molecule has 0 spiro atoms. The Morgan fingerprint density at radius 3 is 2.47 bits per heavy atom. The van der Waals surface area contributed by atoms with Gasteiger partial charge in [-0.25, -0.2) is 18.4 Å². The van der Waals surface area contributed by atoms with Gasteiger partial charge < -0.3 is 5.11 Å². The van der Waals surface area contributed by atoms with Gasteiger partial charge in [0.15, 0.2) is 0 Å². The molecule has 0 heterocycles. The summed E-state index contributed by atoms with van der Waals surface area (Å²) in [4.78, 5) is 11.7. The van der Waals surface area contributed by atoms with Gasteiger partial charge in [0, 0.05) is 10.1 Å². The number of hydrogen-bond donors (Lipinski definition) is 2. The van der Waals surface area contributed by atoms with Crippen molar-refractivity contribution in [1.29, 1.82) is 0 Å².